The van der Waals surface area contributed by atoms with Crippen molar-refractivity contribution in [3.63, 3.8) is 0 Å². The number of para-hydroxylation sites is 2. The van der Waals surface area contributed by atoms with Crippen molar-refractivity contribution in [3.05, 3.63) is 59.1 Å². The van der Waals surface area contributed by atoms with Gasteiger partial charge in [-0.15, -0.1) is 0 Å². The second-order valence-electron chi connectivity index (χ2n) is 9.76. The predicted octanol–water partition coefficient (Wildman–Crippen LogP) is 2.98. The maximum absolute atomic E-state index is 13.7. The van der Waals surface area contributed by atoms with E-state index in [9.17, 15) is 19.5 Å². The van der Waals surface area contributed by atoms with Crippen LogP contribution < -0.4 is 10.6 Å². The van der Waals surface area contributed by atoms with Gasteiger partial charge in [0.2, 0.25) is 17.7 Å². The van der Waals surface area contributed by atoms with Crippen molar-refractivity contribution < 1.29 is 24.2 Å². The maximum Gasteiger partial charge on any atom is 0.250 e. The highest BCUT2D eigenvalue weighted by atomic mass is 35.5. The number of carbonyl (C=O) groups excluding carboxylic acids is 3. The number of fused-ring (bicyclic) bond motifs is 1. The second kappa shape index (κ2) is 8.62. The third kappa shape index (κ3) is 3.63. The first-order valence-electron chi connectivity index (χ1n) is 11.8. The van der Waals surface area contributed by atoms with Crippen LogP contribution in [0.5, 0.6) is 0 Å². The van der Waals surface area contributed by atoms with Crippen molar-refractivity contribution in [2.24, 2.45) is 11.8 Å². The fourth-order valence-electron chi connectivity index (χ4n) is 6.20. The molecule has 2 aromatic rings. The minimum Gasteiger partial charge on any atom is -0.395 e. The molecule has 9 heteroatoms. The van der Waals surface area contributed by atoms with Gasteiger partial charge in [-0.05, 0) is 50.5 Å². The number of amides is 3. The lowest BCUT2D eigenvalue weighted by molar-refractivity contribution is -0.143. The summed E-state index contributed by atoms with van der Waals surface area (Å²) in [7, 11) is 0. The van der Waals surface area contributed by atoms with Crippen LogP contribution in [0.15, 0.2) is 48.5 Å². The molecule has 2 aromatic carbocycles. The van der Waals surface area contributed by atoms with E-state index in [1.807, 2.05) is 38.1 Å². The van der Waals surface area contributed by atoms with Gasteiger partial charge in [0, 0.05) is 12.2 Å². The van der Waals surface area contributed by atoms with Crippen molar-refractivity contribution in [2.75, 3.05) is 23.8 Å². The van der Waals surface area contributed by atoms with E-state index in [0.29, 0.717) is 29.2 Å². The lowest BCUT2D eigenvalue weighted by Crippen LogP contribution is -2.53. The number of nitrogens with one attached hydrogen (secondary N) is 2. The van der Waals surface area contributed by atoms with Gasteiger partial charge in [0.15, 0.2) is 0 Å². The molecule has 3 heterocycles. The van der Waals surface area contributed by atoms with Crippen LogP contribution in [0.2, 0.25) is 5.02 Å². The third-order valence-electron chi connectivity index (χ3n) is 7.66. The Morgan fingerprint density at radius 1 is 1.11 bits per heavy atom. The fourth-order valence-corrected chi connectivity index (χ4v) is 6.47. The van der Waals surface area contributed by atoms with Gasteiger partial charge in [0.05, 0.1) is 34.8 Å². The summed E-state index contributed by atoms with van der Waals surface area (Å²) in [5, 5.41) is 15.9. The number of aliphatic hydroxyl groups excluding tert-OH is 1. The predicted molar refractivity (Wildman–Crippen MR) is 131 cm³/mol. The SMILES string of the molecule is Cc1cccc(Cl)c1NC(=O)C1N(CCO)C(=O)[C@@H]2[C@H](C(=O)Nc3ccccc3)[C@]3(C)CCC12O3. The van der Waals surface area contributed by atoms with E-state index in [0.717, 1.165) is 5.56 Å². The lowest BCUT2D eigenvalue weighted by atomic mass is 9.66. The molecule has 2 unspecified atom stereocenters. The maximum atomic E-state index is 13.7. The monoisotopic (exact) mass is 497 g/mol. The highest BCUT2D eigenvalue weighted by molar-refractivity contribution is 6.34. The van der Waals surface area contributed by atoms with E-state index in [1.54, 1.807) is 24.3 Å². The molecule has 0 radical (unpaired) electrons. The molecule has 3 N–H and O–H groups in total. The minimum atomic E-state index is -1.17. The Bertz CT molecular complexity index is 1170. The number of β-amino-alcohol motifs (C(OH)–C–C–N with tert-alkyl or cyclic N) is 1. The van der Waals surface area contributed by atoms with Gasteiger partial charge in [-0.25, -0.2) is 0 Å². The third-order valence-corrected chi connectivity index (χ3v) is 7.97. The summed E-state index contributed by atoms with van der Waals surface area (Å²) in [6, 6.07) is 13.3. The van der Waals surface area contributed by atoms with Crippen LogP contribution in [0.4, 0.5) is 11.4 Å². The molecule has 8 nitrogen and oxygen atoms in total. The molecule has 3 fully saturated rings. The van der Waals surface area contributed by atoms with Gasteiger partial charge in [-0.2, -0.15) is 0 Å². The molecule has 3 amide bonds. The van der Waals surface area contributed by atoms with Crippen molar-refractivity contribution in [1.29, 1.82) is 0 Å². The molecule has 0 saturated carbocycles. The number of rotatable bonds is 6. The Labute approximate surface area is 208 Å². The summed E-state index contributed by atoms with van der Waals surface area (Å²) in [5.41, 5.74) is -0.185. The van der Waals surface area contributed by atoms with E-state index in [1.165, 1.54) is 4.90 Å². The Balaban J connectivity index is 1.51. The molecule has 35 heavy (non-hydrogen) atoms. The van der Waals surface area contributed by atoms with Crippen molar-refractivity contribution in [1.82, 2.24) is 4.90 Å². The van der Waals surface area contributed by atoms with E-state index >= 15 is 0 Å². The van der Waals surface area contributed by atoms with Crippen LogP contribution in [-0.2, 0) is 19.1 Å². The molecule has 5 atom stereocenters. The number of carbonyl (C=O) groups is 3. The summed E-state index contributed by atoms with van der Waals surface area (Å²) in [6.45, 7) is 3.31. The molecule has 2 bridgehead atoms. The first-order chi connectivity index (χ1) is 16.7. The summed E-state index contributed by atoms with van der Waals surface area (Å²) < 4.78 is 6.52. The molecule has 0 aliphatic carbocycles. The highest BCUT2D eigenvalue weighted by Gasteiger charge is 2.77. The zero-order chi connectivity index (χ0) is 25.0. The van der Waals surface area contributed by atoms with Gasteiger partial charge in [-0.1, -0.05) is 41.9 Å². The number of hydrogen-bond donors (Lipinski definition) is 3. The molecule has 184 valence electrons. The second-order valence-corrected chi connectivity index (χ2v) is 10.2. The van der Waals surface area contributed by atoms with Crippen LogP contribution >= 0.6 is 11.6 Å². The van der Waals surface area contributed by atoms with Gasteiger partial charge >= 0.3 is 0 Å². The topological polar surface area (TPSA) is 108 Å². The summed E-state index contributed by atoms with van der Waals surface area (Å²) in [6.07, 6.45) is 0.988. The Hall–Kier alpha value is -2.94. The zero-order valence-corrected chi connectivity index (χ0v) is 20.3. The molecule has 3 aliphatic rings. The van der Waals surface area contributed by atoms with Crippen LogP contribution in [0.25, 0.3) is 0 Å². The summed E-state index contributed by atoms with van der Waals surface area (Å²) >= 11 is 6.34. The standard InChI is InChI=1S/C26H28ClN3O5/c1-15-7-6-10-17(27)20(15)29-23(33)21-26-12-11-25(2,35-26)18(19(26)24(34)30(21)13-14-31)22(32)28-16-8-4-3-5-9-16/h3-10,18-19,21,31H,11-14H2,1-2H3,(H,28,32)(H,29,33)/t18-,19+,21?,25+,26?/m1/s1. The molecule has 0 aromatic heterocycles. The van der Waals surface area contributed by atoms with Crippen molar-refractivity contribution in [2.45, 2.75) is 43.9 Å². The summed E-state index contributed by atoms with van der Waals surface area (Å²) in [5.74, 6) is -2.72. The first-order valence-corrected chi connectivity index (χ1v) is 12.1. The van der Waals surface area contributed by atoms with Gasteiger partial charge in [0.1, 0.15) is 11.6 Å². The van der Waals surface area contributed by atoms with Crippen LogP contribution in [-0.4, -0.2) is 58.1 Å². The number of hydrogen-bond acceptors (Lipinski definition) is 5. The van der Waals surface area contributed by atoms with E-state index < -0.39 is 35.0 Å². The smallest absolute Gasteiger partial charge is 0.250 e. The molecular formula is C26H28ClN3O5. The number of likely N-dealkylation sites (tertiary alicyclic amines) is 1. The average Bonchev–Trinajstić information content (AvgIpc) is 3.38. The Kier molecular flexibility index (Phi) is 5.86. The minimum absolute atomic E-state index is 0.0379. The van der Waals surface area contributed by atoms with E-state index in [2.05, 4.69) is 10.6 Å². The average molecular weight is 498 g/mol. The molecule has 3 saturated heterocycles. The Morgan fingerprint density at radius 2 is 1.86 bits per heavy atom. The number of aliphatic hydroxyl groups is 1. The molecule has 3 aliphatic heterocycles. The highest BCUT2D eigenvalue weighted by Crippen LogP contribution is 2.63. The Morgan fingerprint density at radius 3 is 2.54 bits per heavy atom. The van der Waals surface area contributed by atoms with Crippen molar-refractivity contribution in [3.8, 4) is 0 Å². The number of ether oxygens (including phenoxy) is 1. The van der Waals surface area contributed by atoms with Crippen LogP contribution in [0, 0.1) is 18.8 Å². The summed E-state index contributed by atoms with van der Waals surface area (Å²) in [4.78, 5) is 42.3. The van der Waals surface area contributed by atoms with Gasteiger partial charge in [-0.3, -0.25) is 14.4 Å². The molecular weight excluding hydrogens is 470 g/mol. The van der Waals surface area contributed by atoms with Crippen molar-refractivity contribution >= 4 is 40.7 Å². The van der Waals surface area contributed by atoms with Crippen LogP contribution in [0.3, 0.4) is 0 Å². The normalized spacial score (nSPS) is 30.9. The zero-order valence-electron chi connectivity index (χ0n) is 19.6. The van der Waals surface area contributed by atoms with Gasteiger partial charge < -0.3 is 25.4 Å². The lowest BCUT2D eigenvalue weighted by Gasteiger charge is -2.33. The molecule has 5 rings (SSSR count). The quantitative estimate of drug-likeness (QED) is 0.568. The van der Waals surface area contributed by atoms with Crippen LogP contribution in [0.1, 0.15) is 25.3 Å². The van der Waals surface area contributed by atoms with E-state index in [4.69, 9.17) is 16.3 Å². The van der Waals surface area contributed by atoms with E-state index in [-0.39, 0.29) is 25.0 Å². The fraction of sp³-hybridized carbons (Fsp3) is 0.423. The number of anilines is 2. The number of nitrogens with zero attached hydrogens (tertiary/aromatic N) is 1. The number of benzene rings is 2. The van der Waals surface area contributed by atoms with Gasteiger partial charge in [0.25, 0.3) is 0 Å². The first kappa shape index (κ1) is 23.8. The largest absolute Gasteiger partial charge is 0.395 e. The number of halogens is 1. The number of aryl methyl sites for hydroxylation is 1. The molecule has 1 spiro atoms.